The van der Waals surface area contributed by atoms with Crippen LogP contribution in [0.5, 0.6) is 5.75 Å². The van der Waals surface area contributed by atoms with Crippen molar-refractivity contribution in [2.75, 3.05) is 7.11 Å². The molecule has 0 amide bonds. The maximum Gasteiger partial charge on any atom is 0.205 e. The van der Waals surface area contributed by atoms with Crippen molar-refractivity contribution in [3.8, 4) is 5.75 Å². The Bertz CT molecular complexity index is 548. The number of aromatic nitrogens is 2. The molecule has 0 aliphatic carbocycles. The van der Waals surface area contributed by atoms with E-state index >= 15 is 0 Å². The molecule has 1 heterocycles. The Morgan fingerprint density at radius 3 is 2.61 bits per heavy atom. The molecule has 0 aliphatic rings. The van der Waals surface area contributed by atoms with Crippen molar-refractivity contribution in [3.63, 3.8) is 0 Å². The standard InChI is InChI=1S/C14H12N2O2/c1-18-12-5-2-11(3-6-12)4-7-14(17)13-10-15-8-9-16-13/h2-10H,1H3/b7-4+. The predicted octanol–water partition coefficient (Wildman–Crippen LogP) is 2.38. The van der Waals surface area contributed by atoms with E-state index in [0.717, 1.165) is 11.3 Å². The largest absolute Gasteiger partial charge is 0.497 e. The molecule has 18 heavy (non-hydrogen) atoms. The number of hydrogen-bond acceptors (Lipinski definition) is 4. The minimum atomic E-state index is -0.168. The first-order chi connectivity index (χ1) is 8.79. The zero-order chi connectivity index (χ0) is 12.8. The van der Waals surface area contributed by atoms with E-state index in [1.54, 1.807) is 13.2 Å². The number of carbonyl (C=O) groups excluding carboxylic acids is 1. The minimum absolute atomic E-state index is 0.168. The molecule has 0 fully saturated rings. The molecule has 0 N–H and O–H groups in total. The van der Waals surface area contributed by atoms with Gasteiger partial charge in [0, 0.05) is 12.4 Å². The third-order valence-corrected chi connectivity index (χ3v) is 2.36. The number of nitrogens with zero attached hydrogens (tertiary/aromatic N) is 2. The van der Waals surface area contributed by atoms with Gasteiger partial charge in [0.25, 0.3) is 0 Å². The highest BCUT2D eigenvalue weighted by molar-refractivity contribution is 6.05. The van der Waals surface area contributed by atoms with Gasteiger partial charge in [-0.05, 0) is 23.8 Å². The molecule has 0 saturated heterocycles. The van der Waals surface area contributed by atoms with Crippen LogP contribution < -0.4 is 4.74 Å². The number of methoxy groups -OCH3 is 1. The molecule has 0 aliphatic heterocycles. The molecule has 2 aromatic rings. The summed E-state index contributed by atoms with van der Waals surface area (Å²) in [5.74, 6) is 0.617. The van der Waals surface area contributed by atoms with Crippen molar-refractivity contribution in [3.05, 3.63) is 60.2 Å². The summed E-state index contributed by atoms with van der Waals surface area (Å²) >= 11 is 0. The fraction of sp³-hybridized carbons (Fsp3) is 0.0714. The van der Waals surface area contributed by atoms with Gasteiger partial charge >= 0.3 is 0 Å². The highest BCUT2D eigenvalue weighted by Gasteiger charge is 2.01. The monoisotopic (exact) mass is 240 g/mol. The smallest absolute Gasteiger partial charge is 0.205 e. The SMILES string of the molecule is COc1ccc(/C=C/C(=O)c2cnccn2)cc1. The van der Waals surface area contributed by atoms with Crippen molar-refractivity contribution in [2.45, 2.75) is 0 Å². The summed E-state index contributed by atoms with van der Waals surface area (Å²) in [7, 11) is 1.61. The van der Waals surface area contributed by atoms with Crippen molar-refractivity contribution in [2.24, 2.45) is 0 Å². The second kappa shape index (κ2) is 5.72. The van der Waals surface area contributed by atoms with Gasteiger partial charge in [-0.2, -0.15) is 0 Å². The molecule has 0 bridgehead atoms. The number of ether oxygens (including phenoxy) is 1. The Morgan fingerprint density at radius 1 is 1.22 bits per heavy atom. The van der Waals surface area contributed by atoms with E-state index in [1.165, 1.54) is 24.7 Å². The van der Waals surface area contributed by atoms with E-state index in [-0.39, 0.29) is 5.78 Å². The topological polar surface area (TPSA) is 52.1 Å². The Labute approximate surface area is 105 Å². The lowest BCUT2D eigenvalue weighted by molar-refractivity contribution is 0.104. The van der Waals surface area contributed by atoms with Gasteiger partial charge in [-0.15, -0.1) is 0 Å². The van der Waals surface area contributed by atoms with Crippen LogP contribution in [-0.2, 0) is 0 Å². The number of hydrogen-bond donors (Lipinski definition) is 0. The Kier molecular flexibility index (Phi) is 3.81. The highest BCUT2D eigenvalue weighted by Crippen LogP contribution is 2.12. The average Bonchev–Trinajstić information content (AvgIpc) is 2.46. The van der Waals surface area contributed by atoms with Crippen LogP contribution >= 0.6 is 0 Å². The zero-order valence-corrected chi connectivity index (χ0v) is 9.91. The number of benzene rings is 1. The van der Waals surface area contributed by atoms with Crippen molar-refractivity contribution in [1.29, 1.82) is 0 Å². The molecule has 90 valence electrons. The molecule has 0 radical (unpaired) electrons. The molecule has 1 aromatic heterocycles. The van der Waals surface area contributed by atoms with Crippen LogP contribution in [0.3, 0.4) is 0 Å². The third kappa shape index (κ3) is 3.01. The van der Waals surface area contributed by atoms with Gasteiger partial charge in [-0.25, -0.2) is 4.98 Å². The Morgan fingerprint density at radius 2 is 2.00 bits per heavy atom. The van der Waals surface area contributed by atoms with Crippen LogP contribution in [0.2, 0.25) is 0 Å². The molecule has 0 unspecified atom stereocenters. The lowest BCUT2D eigenvalue weighted by atomic mass is 10.1. The summed E-state index contributed by atoms with van der Waals surface area (Å²) in [6.45, 7) is 0. The number of rotatable bonds is 4. The van der Waals surface area contributed by atoms with Crippen LogP contribution in [-0.4, -0.2) is 22.9 Å². The quantitative estimate of drug-likeness (QED) is 0.608. The van der Waals surface area contributed by atoms with E-state index in [1.807, 2.05) is 24.3 Å². The predicted molar refractivity (Wildman–Crippen MR) is 68.4 cm³/mol. The molecule has 0 atom stereocenters. The molecule has 0 spiro atoms. The lowest BCUT2D eigenvalue weighted by Crippen LogP contribution is -1.97. The van der Waals surface area contributed by atoms with Crippen LogP contribution in [0.4, 0.5) is 0 Å². The van der Waals surface area contributed by atoms with Gasteiger partial charge in [0.15, 0.2) is 0 Å². The summed E-state index contributed by atoms with van der Waals surface area (Å²) in [5.41, 5.74) is 1.26. The minimum Gasteiger partial charge on any atom is -0.497 e. The van der Waals surface area contributed by atoms with Gasteiger partial charge < -0.3 is 4.74 Å². The van der Waals surface area contributed by atoms with Crippen LogP contribution in [0.25, 0.3) is 6.08 Å². The molecule has 4 nitrogen and oxygen atoms in total. The van der Waals surface area contributed by atoms with E-state index in [4.69, 9.17) is 4.74 Å². The van der Waals surface area contributed by atoms with Crippen LogP contribution in [0.1, 0.15) is 16.1 Å². The maximum absolute atomic E-state index is 11.7. The second-order valence-corrected chi connectivity index (χ2v) is 3.56. The molecule has 1 aromatic carbocycles. The third-order valence-electron chi connectivity index (χ3n) is 2.36. The van der Waals surface area contributed by atoms with Crippen molar-refractivity contribution >= 4 is 11.9 Å². The summed E-state index contributed by atoms with van der Waals surface area (Å²) in [5, 5.41) is 0. The van der Waals surface area contributed by atoms with Crippen molar-refractivity contribution in [1.82, 2.24) is 9.97 Å². The molecule has 2 rings (SSSR count). The van der Waals surface area contributed by atoms with Crippen LogP contribution in [0, 0.1) is 0 Å². The van der Waals surface area contributed by atoms with Crippen LogP contribution in [0.15, 0.2) is 48.9 Å². The van der Waals surface area contributed by atoms with Gasteiger partial charge in [-0.1, -0.05) is 18.2 Å². The van der Waals surface area contributed by atoms with Gasteiger partial charge in [0.05, 0.1) is 13.3 Å². The summed E-state index contributed by atoms with van der Waals surface area (Å²) in [4.78, 5) is 19.5. The number of allylic oxidation sites excluding steroid dienone is 1. The molecule has 0 saturated carbocycles. The fourth-order valence-corrected chi connectivity index (χ4v) is 1.40. The normalized spacial score (nSPS) is 10.5. The fourth-order valence-electron chi connectivity index (χ4n) is 1.40. The lowest BCUT2D eigenvalue weighted by Gasteiger charge is -1.98. The first kappa shape index (κ1) is 12.0. The first-order valence-electron chi connectivity index (χ1n) is 5.42. The summed E-state index contributed by atoms with van der Waals surface area (Å²) < 4.78 is 5.05. The summed E-state index contributed by atoms with van der Waals surface area (Å²) in [6, 6.07) is 7.43. The Hall–Kier alpha value is -2.49. The summed E-state index contributed by atoms with van der Waals surface area (Å²) in [6.07, 6.45) is 7.68. The van der Waals surface area contributed by atoms with Gasteiger partial charge in [0.2, 0.25) is 5.78 Å². The van der Waals surface area contributed by atoms with Gasteiger partial charge in [0.1, 0.15) is 11.4 Å². The highest BCUT2D eigenvalue weighted by atomic mass is 16.5. The zero-order valence-electron chi connectivity index (χ0n) is 9.91. The van der Waals surface area contributed by atoms with E-state index < -0.39 is 0 Å². The van der Waals surface area contributed by atoms with E-state index in [0.29, 0.717) is 5.69 Å². The number of carbonyl (C=O) groups is 1. The van der Waals surface area contributed by atoms with E-state index in [9.17, 15) is 4.79 Å². The van der Waals surface area contributed by atoms with Crippen molar-refractivity contribution < 1.29 is 9.53 Å². The Balaban J connectivity index is 2.08. The van der Waals surface area contributed by atoms with E-state index in [2.05, 4.69) is 9.97 Å². The second-order valence-electron chi connectivity index (χ2n) is 3.56. The van der Waals surface area contributed by atoms with Gasteiger partial charge in [-0.3, -0.25) is 9.78 Å². The number of ketones is 1. The maximum atomic E-state index is 11.7. The molecular formula is C14H12N2O2. The molecular weight excluding hydrogens is 228 g/mol. The average molecular weight is 240 g/mol. The first-order valence-corrected chi connectivity index (χ1v) is 5.42. The molecule has 4 heteroatoms.